The third-order valence-corrected chi connectivity index (χ3v) is 18.4. The van der Waals surface area contributed by atoms with Crippen LogP contribution in [0.3, 0.4) is 0 Å². The molecule has 0 radical (unpaired) electrons. The minimum atomic E-state index is -5.08. The second kappa shape index (κ2) is 21.2. The first-order valence-electron chi connectivity index (χ1n) is 24.3. The summed E-state index contributed by atoms with van der Waals surface area (Å²) in [5.41, 5.74) is 1.97. The average molecular weight is 967 g/mol. The van der Waals surface area contributed by atoms with E-state index in [0.29, 0.717) is 40.0 Å². The van der Waals surface area contributed by atoms with Crippen LogP contribution in [0.5, 0.6) is 0 Å². The molecule has 0 unspecified atom stereocenters. The van der Waals surface area contributed by atoms with Crippen molar-refractivity contribution in [3.63, 3.8) is 0 Å². The molecule has 1 aliphatic heterocycles. The van der Waals surface area contributed by atoms with Gasteiger partial charge in [0.25, 0.3) is 0 Å². The van der Waals surface area contributed by atoms with E-state index in [0.717, 1.165) is 44.4 Å². The number of rotatable bonds is 13. The molecule has 0 aromatic carbocycles. The number of nitrogens with zero attached hydrogens (tertiary/aromatic N) is 1. The first-order valence-corrected chi connectivity index (χ1v) is 24.3. The normalized spacial score (nSPS) is 35.1. The third kappa shape index (κ3) is 12.5. The van der Waals surface area contributed by atoms with Crippen LogP contribution in [0.1, 0.15) is 152 Å². The smallest absolute Gasteiger partial charge is 0.481 e. The molecule has 1 saturated heterocycles. The van der Waals surface area contributed by atoms with Gasteiger partial charge in [-0.3, -0.25) is 9.59 Å². The van der Waals surface area contributed by atoms with Crippen LogP contribution >= 0.6 is 0 Å². The number of likely N-dealkylation sites (tertiary alicyclic amines) is 1. The molecule has 0 aromatic rings. The van der Waals surface area contributed by atoms with Gasteiger partial charge in [-0.05, 0) is 167 Å². The lowest BCUT2D eigenvalue weighted by Crippen LogP contribution is -2.66. The summed E-state index contributed by atoms with van der Waals surface area (Å²) >= 11 is 0. The predicted octanol–water partition coefficient (Wildman–Crippen LogP) is 10.8. The quantitative estimate of drug-likeness (QED) is 0.0789. The Kier molecular flexibility index (Phi) is 17.9. The van der Waals surface area contributed by atoms with Crippen molar-refractivity contribution in [2.24, 2.45) is 62.1 Å². The van der Waals surface area contributed by atoms with E-state index in [1.807, 2.05) is 13.8 Å². The summed E-state index contributed by atoms with van der Waals surface area (Å²) in [5, 5.41) is 27.7. The Balaban J connectivity index is 0.000000608. The van der Waals surface area contributed by atoms with Gasteiger partial charge in [0.2, 0.25) is 0 Å². The minimum Gasteiger partial charge on any atom is -0.481 e. The number of hydrogen-bond donors (Lipinski definition) is 4. The number of esters is 1. The Bertz CT molecular complexity index is 1740. The SMILES string of the molecule is C=C(C)[C@@H]1CC[C@]2(CCNC3CCN(CCOC)CC3)CC[C@]3(C)[C@H](CC[C@@H]4[C@@]5(C)CC[C@H](OC(=O)CC(C)(C)CC(=O)O)C(C)(C)[C@@H]5CC[C@]43C)[C@@H]12.O=C(O)C(F)(F)F.O=C(O)C(F)(F)F. The lowest BCUT2D eigenvalue weighted by Gasteiger charge is -2.73. The fourth-order valence-electron chi connectivity index (χ4n) is 15.1. The molecular formula is C50H80F6N2O9. The highest BCUT2D eigenvalue weighted by Crippen LogP contribution is 2.78. The molecular weight excluding hydrogens is 887 g/mol. The Labute approximate surface area is 393 Å². The molecule has 386 valence electrons. The van der Waals surface area contributed by atoms with Gasteiger partial charge in [0.15, 0.2) is 0 Å². The van der Waals surface area contributed by atoms with Crippen molar-refractivity contribution in [2.45, 2.75) is 176 Å². The van der Waals surface area contributed by atoms with Crippen molar-refractivity contribution >= 4 is 23.9 Å². The van der Waals surface area contributed by atoms with Crippen LogP contribution in [0.15, 0.2) is 12.2 Å². The number of carbonyl (C=O) groups excluding carboxylic acids is 1. The monoisotopic (exact) mass is 967 g/mol. The number of allylic oxidation sites excluding steroid dienone is 1. The van der Waals surface area contributed by atoms with Crippen LogP contribution in [-0.4, -0.2) is 108 Å². The Morgan fingerprint density at radius 3 is 1.85 bits per heavy atom. The topological polar surface area (TPSA) is 163 Å². The molecule has 11 nitrogen and oxygen atoms in total. The number of ether oxygens (including phenoxy) is 2. The summed E-state index contributed by atoms with van der Waals surface area (Å²) in [6.07, 6.45) is 6.23. The highest BCUT2D eigenvalue weighted by molar-refractivity contribution is 5.74. The van der Waals surface area contributed by atoms with Gasteiger partial charge >= 0.3 is 36.2 Å². The number of methoxy groups -OCH3 is 1. The van der Waals surface area contributed by atoms with Gasteiger partial charge < -0.3 is 35.0 Å². The minimum absolute atomic E-state index is 0.0295. The molecule has 6 fully saturated rings. The predicted molar refractivity (Wildman–Crippen MR) is 241 cm³/mol. The second-order valence-corrected chi connectivity index (χ2v) is 23.2. The summed E-state index contributed by atoms with van der Waals surface area (Å²) < 4.78 is 75.1. The first kappa shape index (κ1) is 56.7. The number of halogens is 6. The van der Waals surface area contributed by atoms with Gasteiger partial charge in [-0.1, -0.05) is 60.6 Å². The Morgan fingerprint density at radius 1 is 0.746 bits per heavy atom. The van der Waals surface area contributed by atoms with E-state index in [-0.39, 0.29) is 35.7 Å². The maximum Gasteiger partial charge on any atom is 0.490 e. The average Bonchev–Trinajstić information content (AvgIpc) is 3.58. The van der Waals surface area contributed by atoms with Crippen molar-refractivity contribution in [1.82, 2.24) is 10.2 Å². The molecule has 6 aliphatic rings. The second-order valence-electron chi connectivity index (χ2n) is 23.2. The summed E-state index contributed by atoms with van der Waals surface area (Å²) in [5.74, 6) is -3.28. The fraction of sp³-hybridized carbons (Fsp3) is 0.880. The van der Waals surface area contributed by atoms with Crippen LogP contribution in [0, 0.1) is 62.1 Å². The van der Waals surface area contributed by atoms with Gasteiger partial charge in [-0.2, -0.15) is 26.3 Å². The van der Waals surface area contributed by atoms with Crippen LogP contribution in [0.2, 0.25) is 0 Å². The number of alkyl halides is 6. The van der Waals surface area contributed by atoms with E-state index in [2.05, 4.69) is 58.3 Å². The lowest BCUT2D eigenvalue weighted by molar-refractivity contribution is -0.250. The highest BCUT2D eigenvalue weighted by atomic mass is 19.4. The number of aliphatic carboxylic acids is 3. The van der Waals surface area contributed by atoms with Gasteiger partial charge in [-0.25, -0.2) is 9.59 Å². The largest absolute Gasteiger partial charge is 0.490 e. The van der Waals surface area contributed by atoms with Crippen molar-refractivity contribution in [3.8, 4) is 0 Å². The third-order valence-electron chi connectivity index (χ3n) is 18.4. The van der Waals surface area contributed by atoms with Crippen LogP contribution in [0.25, 0.3) is 0 Å². The van der Waals surface area contributed by atoms with E-state index < -0.39 is 35.7 Å². The van der Waals surface area contributed by atoms with Gasteiger partial charge in [-0.15, -0.1) is 0 Å². The number of carboxylic acid groups (broad SMARTS) is 3. The van der Waals surface area contributed by atoms with Gasteiger partial charge in [0.1, 0.15) is 6.10 Å². The summed E-state index contributed by atoms with van der Waals surface area (Å²) in [6.45, 7) is 29.0. The molecule has 0 spiro atoms. The molecule has 6 rings (SSSR count). The van der Waals surface area contributed by atoms with E-state index in [4.69, 9.17) is 29.3 Å². The molecule has 0 bridgehead atoms. The molecule has 0 amide bonds. The Morgan fingerprint density at radius 2 is 1.33 bits per heavy atom. The zero-order valence-corrected chi connectivity index (χ0v) is 41.4. The number of carbonyl (C=O) groups is 4. The van der Waals surface area contributed by atoms with Crippen LogP contribution in [-0.2, 0) is 28.7 Å². The van der Waals surface area contributed by atoms with E-state index in [9.17, 15) is 41.0 Å². The van der Waals surface area contributed by atoms with Crippen molar-refractivity contribution < 1.29 is 70.3 Å². The van der Waals surface area contributed by atoms with Crippen molar-refractivity contribution in [3.05, 3.63) is 12.2 Å². The number of piperidine rings is 1. The highest BCUT2D eigenvalue weighted by Gasteiger charge is 2.71. The number of carboxylic acids is 3. The van der Waals surface area contributed by atoms with E-state index in [1.54, 1.807) is 7.11 Å². The standard InChI is InChI=1S/C46H78N2O5.2C2HF3O2/c1-31(2)33-13-20-46(23-24-47-32-16-25-48(26-17-32)27-28-52-10)22-21-44(8)34(40(33)46)11-12-36-43(7)18-15-37(42(5,6)35(43)14-19-45(36,44)9)53-39(51)30-41(3,4)29-38(49)50;2*3-2(4,5)1(6)7/h32-37,40,47H,1,11-30H2,2-10H3,(H,49,50);2*(H,6,7)/t33-,34+,35-,36+,37-,40+,43-,44+,45+,46+;;/m0../s1. The molecule has 0 aromatic heterocycles. The van der Waals surface area contributed by atoms with E-state index >= 15 is 0 Å². The zero-order valence-electron chi connectivity index (χ0n) is 41.4. The number of fused-ring (bicyclic) bond motifs is 7. The van der Waals surface area contributed by atoms with Crippen molar-refractivity contribution in [1.29, 1.82) is 0 Å². The van der Waals surface area contributed by atoms with Crippen molar-refractivity contribution in [2.75, 3.05) is 39.9 Å². The fourth-order valence-corrected chi connectivity index (χ4v) is 15.1. The molecule has 4 N–H and O–H groups in total. The van der Waals surface area contributed by atoms with Gasteiger partial charge in [0.05, 0.1) is 19.4 Å². The molecule has 10 atom stereocenters. The summed E-state index contributed by atoms with van der Waals surface area (Å²) in [4.78, 5) is 45.0. The maximum atomic E-state index is 13.3. The molecule has 5 aliphatic carbocycles. The maximum absolute atomic E-state index is 13.3. The molecule has 17 heteroatoms. The molecule has 5 saturated carbocycles. The summed E-state index contributed by atoms with van der Waals surface area (Å²) in [6, 6.07) is 0.646. The molecule has 67 heavy (non-hydrogen) atoms. The first-order chi connectivity index (χ1) is 30.7. The zero-order chi connectivity index (χ0) is 50.8. The van der Waals surface area contributed by atoms with Gasteiger partial charge in [0, 0.05) is 25.1 Å². The molecule has 1 heterocycles. The van der Waals surface area contributed by atoms with Crippen LogP contribution in [0.4, 0.5) is 26.3 Å². The summed E-state index contributed by atoms with van der Waals surface area (Å²) in [7, 11) is 1.80. The van der Waals surface area contributed by atoms with Crippen LogP contribution < -0.4 is 5.32 Å². The Hall–Kier alpha value is -2.92. The number of hydrogen-bond acceptors (Lipinski definition) is 8. The number of nitrogens with one attached hydrogen (secondary N) is 1. The lowest BCUT2D eigenvalue weighted by atomic mass is 9.32. The van der Waals surface area contributed by atoms with E-state index in [1.165, 1.54) is 89.3 Å².